The molecule has 90 valence electrons. The lowest BCUT2D eigenvalue weighted by Crippen LogP contribution is -1.92. The van der Waals surface area contributed by atoms with Crippen molar-refractivity contribution in [1.29, 1.82) is 0 Å². The first kappa shape index (κ1) is 12.0. The van der Waals surface area contributed by atoms with E-state index in [9.17, 15) is 0 Å². The number of nitrogens with zero attached hydrogens (tertiary/aromatic N) is 4. The molecule has 3 rings (SSSR count). The Morgan fingerprint density at radius 2 is 2.17 bits per heavy atom. The minimum Gasteiger partial charge on any atom is -0.302 e. The Balaban J connectivity index is 2.03. The quantitative estimate of drug-likeness (QED) is 0.713. The van der Waals surface area contributed by atoms with Gasteiger partial charge in [-0.05, 0) is 39.8 Å². The predicted molar refractivity (Wildman–Crippen MR) is 74.1 cm³/mol. The summed E-state index contributed by atoms with van der Waals surface area (Å²) in [5.74, 6) is 0. The zero-order chi connectivity index (χ0) is 12.5. The van der Waals surface area contributed by atoms with Gasteiger partial charge in [0.15, 0.2) is 5.65 Å². The van der Waals surface area contributed by atoms with Crippen molar-refractivity contribution < 1.29 is 0 Å². The summed E-state index contributed by atoms with van der Waals surface area (Å²) >= 11 is 10.6. The van der Waals surface area contributed by atoms with Crippen molar-refractivity contribution >= 4 is 44.9 Å². The van der Waals surface area contributed by atoms with Gasteiger partial charge in [-0.1, -0.05) is 11.6 Å². The van der Waals surface area contributed by atoms with Crippen LogP contribution in [-0.4, -0.2) is 19.4 Å². The minimum atomic E-state index is 0.618. The molecule has 0 aliphatic heterocycles. The minimum absolute atomic E-state index is 0.618. The Bertz CT molecular complexity index is 698. The SMILES string of the molecule is Clc1ccc(Sc2nc(Br)cn3ccnc23)nc1. The fourth-order valence-electron chi connectivity index (χ4n) is 1.46. The first-order valence-electron chi connectivity index (χ1n) is 5.01. The van der Waals surface area contributed by atoms with Gasteiger partial charge in [-0.25, -0.2) is 15.0 Å². The first-order chi connectivity index (χ1) is 8.72. The highest BCUT2D eigenvalue weighted by molar-refractivity contribution is 9.10. The Morgan fingerprint density at radius 3 is 2.94 bits per heavy atom. The van der Waals surface area contributed by atoms with Gasteiger partial charge in [-0.3, -0.25) is 0 Å². The van der Waals surface area contributed by atoms with Gasteiger partial charge in [0.05, 0.1) is 5.02 Å². The molecule has 0 radical (unpaired) electrons. The molecule has 0 bridgehead atoms. The molecule has 0 saturated carbocycles. The van der Waals surface area contributed by atoms with Crippen molar-refractivity contribution in [3.8, 4) is 0 Å². The Labute approximate surface area is 121 Å². The van der Waals surface area contributed by atoms with E-state index in [1.54, 1.807) is 18.5 Å². The molecule has 0 amide bonds. The average molecular weight is 342 g/mol. The van der Waals surface area contributed by atoms with E-state index in [4.69, 9.17) is 11.6 Å². The number of rotatable bonds is 2. The predicted octanol–water partition coefficient (Wildman–Crippen LogP) is 3.69. The van der Waals surface area contributed by atoms with Crippen molar-refractivity contribution in [2.24, 2.45) is 0 Å². The number of aromatic nitrogens is 4. The highest BCUT2D eigenvalue weighted by atomic mass is 79.9. The summed E-state index contributed by atoms with van der Waals surface area (Å²) in [6.45, 7) is 0. The van der Waals surface area contributed by atoms with Crippen LogP contribution in [0.3, 0.4) is 0 Å². The molecule has 4 nitrogen and oxygen atoms in total. The molecule has 0 atom stereocenters. The largest absolute Gasteiger partial charge is 0.302 e. The third-order valence-corrected chi connectivity index (χ3v) is 3.74. The van der Waals surface area contributed by atoms with Crippen LogP contribution in [0.2, 0.25) is 5.02 Å². The van der Waals surface area contributed by atoms with Crippen LogP contribution >= 0.6 is 39.3 Å². The molecule has 0 saturated heterocycles. The van der Waals surface area contributed by atoms with Crippen LogP contribution in [0, 0.1) is 0 Å². The van der Waals surface area contributed by atoms with Crippen LogP contribution in [0.1, 0.15) is 0 Å². The summed E-state index contributed by atoms with van der Waals surface area (Å²) in [6, 6.07) is 3.66. The maximum Gasteiger partial charge on any atom is 0.170 e. The van der Waals surface area contributed by atoms with Crippen molar-refractivity contribution in [2.45, 2.75) is 10.1 Å². The van der Waals surface area contributed by atoms with Crippen molar-refractivity contribution in [2.75, 3.05) is 0 Å². The van der Waals surface area contributed by atoms with Crippen LogP contribution in [0.5, 0.6) is 0 Å². The Hall–Kier alpha value is -1.11. The monoisotopic (exact) mass is 340 g/mol. The van der Waals surface area contributed by atoms with Crippen LogP contribution in [0.15, 0.2) is 51.6 Å². The number of imidazole rings is 1. The first-order valence-corrected chi connectivity index (χ1v) is 7.00. The van der Waals surface area contributed by atoms with E-state index in [0.29, 0.717) is 5.02 Å². The fourth-order valence-corrected chi connectivity index (χ4v) is 2.92. The number of hydrogen-bond acceptors (Lipinski definition) is 4. The maximum atomic E-state index is 5.81. The van der Waals surface area contributed by atoms with Gasteiger partial charge in [0.2, 0.25) is 0 Å². The standard InChI is InChI=1S/C11H6BrClN4S/c12-8-6-17-4-3-14-10(17)11(16-8)18-9-2-1-7(13)5-15-9/h1-6H. The zero-order valence-electron chi connectivity index (χ0n) is 8.92. The highest BCUT2D eigenvalue weighted by Gasteiger charge is 2.09. The van der Waals surface area contributed by atoms with Crippen LogP contribution in [-0.2, 0) is 0 Å². The molecule has 0 unspecified atom stereocenters. The maximum absolute atomic E-state index is 5.81. The molecule has 0 N–H and O–H groups in total. The highest BCUT2D eigenvalue weighted by Crippen LogP contribution is 2.29. The van der Waals surface area contributed by atoms with E-state index >= 15 is 0 Å². The third kappa shape index (κ3) is 2.36. The second-order valence-corrected chi connectivity index (χ2v) is 5.70. The molecule has 0 aliphatic rings. The van der Waals surface area contributed by atoms with Crippen molar-refractivity contribution in [3.05, 3.63) is 46.5 Å². The molecule has 3 aromatic heterocycles. The van der Waals surface area contributed by atoms with Gasteiger partial charge in [0.1, 0.15) is 14.7 Å². The van der Waals surface area contributed by atoms with E-state index in [2.05, 4.69) is 30.9 Å². The van der Waals surface area contributed by atoms with E-state index in [1.165, 1.54) is 11.8 Å². The zero-order valence-corrected chi connectivity index (χ0v) is 12.1. The van der Waals surface area contributed by atoms with Gasteiger partial charge in [0.25, 0.3) is 0 Å². The van der Waals surface area contributed by atoms with Gasteiger partial charge in [-0.2, -0.15) is 0 Å². The van der Waals surface area contributed by atoms with Gasteiger partial charge in [-0.15, -0.1) is 0 Å². The number of hydrogen-bond donors (Lipinski definition) is 0. The molecule has 7 heteroatoms. The molecule has 0 aliphatic carbocycles. The van der Waals surface area contributed by atoms with E-state index in [1.807, 2.05) is 22.9 Å². The molecular formula is C11H6BrClN4S. The van der Waals surface area contributed by atoms with Crippen LogP contribution in [0.4, 0.5) is 0 Å². The third-order valence-electron chi connectivity index (χ3n) is 2.22. The van der Waals surface area contributed by atoms with Gasteiger partial charge < -0.3 is 4.40 Å². The lowest BCUT2D eigenvalue weighted by Gasteiger charge is -2.03. The lowest BCUT2D eigenvalue weighted by molar-refractivity contribution is 1.00. The second kappa shape index (κ2) is 4.87. The summed E-state index contributed by atoms with van der Waals surface area (Å²) < 4.78 is 2.67. The van der Waals surface area contributed by atoms with E-state index in [-0.39, 0.29) is 0 Å². The fraction of sp³-hybridized carbons (Fsp3) is 0. The molecule has 0 spiro atoms. The molecule has 3 heterocycles. The summed E-state index contributed by atoms with van der Waals surface area (Å²) in [5.41, 5.74) is 0.806. The van der Waals surface area contributed by atoms with Crippen molar-refractivity contribution in [1.82, 2.24) is 19.4 Å². The summed E-state index contributed by atoms with van der Waals surface area (Å²) in [6.07, 6.45) is 7.09. The number of halogens is 2. The number of fused-ring (bicyclic) bond motifs is 1. The molecule has 0 aromatic carbocycles. The van der Waals surface area contributed by atoms with Crippen LogP contribution < -0.4 is 0 Å². The van der Waals surface area contributed by atoms with Crippen LogP contribution in [0.25, 0.3) is 5.65 Å². The van der Waals surface area contributed by atoms with E-state index < -0.39 is 0 Å². The summed E-state index contributed by atoms with van der Waals surface area (Å²) in [4.78, 5) is 12.9. The summed E-state index contributed by atoms with van der Waals surface area (Å²) in [5, 5.41) is 2.24. The summed E-state index contributed by atoms with van der Waals surface area (Å²) in [7, 11) is 0. The smallest absolute Gasteiger partial charge is 0.170 e. The Morgan fingerprint density at radius 1 is 1.28 bits per heavy atom. The lowest BCUT2D eigenvalue weighted by atomic mass is 10.5. The molecular weight excluding hydrogens is 336 g/mol. The van der Waals surface area contributed by atoms with E-state index in [0.717, 1.165) is 20.3 Å². The van der Waals surface area contributed by atoms with Gasteiger partial charge in [0, 0.05) is 24.8 Å². The molecule has 18 heavy (non-hydrogen) atoms. The Kier molecular flexibility index (Phi) is 3.23. The normalized spacial score (nSPS) is 11.0. The van der Waals surface area contributed by atoms with Crippen molar-refractivity contribution in [3.63, 3.8) is 0 Å². The average Bonchev–Trinajstić information content (AvgIpc) is 2.80. The van der Waals surface area contributed by atoms with Gasteiger partial charge >= 0.3 is 0 Å². The number of pyridine rings is 1. The molecule has 3 aromatic rings. The molecule has 0 fully saturated rings. The topological polar surface area (TPSA) is 43.1 Å². The second-order valence-electron chi connectivity index (χ2n) is 3.44.